The number of carbonyl (C=O) groups is 3. The first kappa shape index (κ1) is 23.9. The molecule has 0 fully saturated rings. The van der Waals surface area contributed by atoms with Gasteiger partial charge in [0.2, 0.25) is 11.7 Å². The number of fused-ring (bicyclic) bond motifs is 1. The standard InChI is InChI=1S/C22H19F3N6O4/c1-11-5-6-12(7-15(11)22(23,24)25)29-20(33)16-8-13(31-35-16)9-26-21(34)18-14-3-2-4-17(32)30-19(14)28-10-27-18/h5-8,10H,2-4,9H2,1H3,(H,26,34)(H,29,33)(H,27,28,30,32). The van der Waals surface area contributed by atoms with Gasteiger partial charge in [0.25, 0.3) is 11.8 Å². The number of hydrogen-bond acceptors (Lipinski definition) is 7. The topological polar surface area (TPSA) is 139 Å². The van der Waals surface area contributed by atoms with Crippen molar-refractivity contribution in [3.05, 3.63) is 64.4 Å². The normalized spacial score (nSPS) is 13.4. The van der Waals surface area contributed by atoms with Gasteiger partial charge in [-0.1, -0.05) is 11.2 Å². The Morgan fingerprint density at radius 3 is 2.71 bits per heavy atom. The van der Waals surface area contributed by atoms with Crippen LogP contribution < -0.4 is 16.0 Å². The predicted octanol–water partition coefficient (Wildman–Crippen LogP) is 3.25. The minimum atomic E-state index is -4.56. The number of halogens is 3. The highest BCUT2D eigenvalue weighted by atomic mass is 19.4. The zero-order valence-electron chi connectivity index (χ0n) is 18.3. The van der Waals surface area contributed by atoms with Crippen LogP contribution in [0.2, 0.25) is 0 Å². The Kier molecular flexibility index (Phi) is 6.49. The summed E-state index contributed by atoms with van der Waals surface area (Å²) in [7, 11) is 0. The van der Waals surface area contributed by atoms with Gasteiger partial charge < -0.3 is 20.5 Å². The maximum Gasteiger partial charge on any atom is 0.416 e. The number of amides is 3. The number of rotatable bonds is 5. The monoisotopic (exact) mass is 488 g/mol. The molecule has 0 saturated carbocycles. The number of nitrogens with zero attached hydrogens (tertiary/aromatic N) is 3. The van der Waals surface area contributed by atoms with Crippen molar-refractivity contribution in [2.24, 2.45) is 0 Å². The maximum atomic E-state index is 13.1. The molecule has 1 aliphatic heterocycles. The molecule has 0 spiro atoms. The number of aromatic nitrogens is 3. The Morgan fingerprint density at radius 1 is 1.14 bits per heavy atom. The molecule has 4 rings (SSSR count). The quantitative estimate of drug-likeness (QED) is 0.501. The number of aryl methyl sites for hydroxylation is 1. The van der Waals surface area contributed by atoms with Crippen LogP contribution in [0.25, 0.3) is 0 Å². The van der Waals surface area contributed by atoms with Gasteiger partial charge in [-0.2, -0.15) is 13.2 Å². The summed E-state index contributed by atoms with van der Waals surface area (Å²) in [6, 6.07) is 4.68. The smallest absolute Gasteiger partial charge is 0.351 e. The zero-order chi connectivity index (χ0) is 25.2. The molecule has 0 saturated heterocycles. The summed E-state index contributed by atoms with van der Waals surface area (Å²) in [5.41, 5.74) is -0.0620. The number of anilines is 2. The number of benzene rings is 1. The van der Waals surface area contributed by atoms with E-state index in [9.17, 15) is 27.6 Å². The van der Waals surface area contributed by atoms with E-state index in [4.69, 9.17) is 4.52 Å². The van der Waals surface area contributed by atoms with E-state index in [1.54, 1.807) is 0 Å². The van der Waals surface area contributed by atoms with Crippen molar-refractivity contribution in [1.29, 1.82) is 0 Å². The predicted molar refractivity (Wildman–Crippen MR) is 115 cm³/mol. The molecule has 3 aromatic rings. The van der Waals surface area contributed by atoms with E-state index in [-0.39, 0.29) is 46.7 Å². The Balaban J connectivity index is 1.40. The molecule has 3 amide bonds. The molecule has 3 N–H and O–H groups in total. The fourth-order valence-electron chi connectivity index (χ4n) is 3.53. The Bertz CT molecular complexity index is 1300. The highest BCUT2D eigenvalue weighted by Gasteiger charge is 2.32. The van der Waals surface area contributed by atoms with Gasteiger partial charge in [-0.3, -0.25) is 14.4 Å². The van der Waals surface area contributed by atoms with Crippen LogP contribution in [0.5, 0.6) is 0 Å². The molecule has 10 nitrogen and oxygen atoms in total. The van der Waals surface area contributed by atoms with Crippen LogP contribution >= 0.6 is 0 Å². The fraction of sp³-hybridized carbons (Fsp3) is 0.273. The highest BCUT2D eigenvalue weighted by Crippen LogP contribution is 2.33. The third kappa shape index (κ3) is 5.45. The number of carbonyl (C=O) groups excluding carboxylic acids is 3. The molecule has 1 aromatic carbocycles. The van der Waals surface area contributed by atoms with Crippen molar-refractivity contribution in [3.8, 4) is 0 Å². The number of hydrogen-bond donors (Lipinski definition) is 3. The van der Waals surface area contributed by atoms with Crippen LogP contribution in [-0.4, -0.2) is 32.8 Å². The molecule has 1 aliphatic rings. The van der Waals surface area contributed by atoms with E-state index in [1.165, 1.54) is 31.5 Å². The third-order valence-corrected chi connectivity index (χ3v) is 5.26. The van der Waals surface area contributed by atoms with Crippen molar-refractivity contribution < 1.29 is 32.1 Å². The van der Waals surface area contributed by atoms with Gasteiger partial charge >= 0.3 is 6.18 Å². The SMILES string of the molecule is Cc1ccc(NC(=O)c2cc(CNC(=O)c3ncnc4c3CCCC(=O)N4)no2)cc1C(F)(F)F. The molecule has 0 unspecified atom stereocenters. The highest BCUT2D eigenvalue weighted by molar-refractivity contribution is 6.02. The van der Waals surface area contributed by atoms with Crippen molar-refractivity contribution in [1.82, 2.24) is 20.4 Å². The number of alkyl halides is 3. The van der Waals surface area contributed by atoms with Crippen LogP contribution in [-0.2, 0) is 23.9 Å². The molecule has 35 heavy (non-hydrogen) atoms. The van der Waals surface area contributed by atoms with Gasteiger partial charge in [-0.05, 0) is 37.5 Å². The largest absolute Gasteiger partial charge is 0.416 e. The minimum absolute atomic E-state index is 0.0242. The molecular weight excluding hydrogens is 469 g/mol. The van der Waals surface area contributed by atoms with Crippen molar-refractivity contribution >= 4 is 29.2 Å². The molecule has 2 aromatic heterocycles. The minimum Gasteiger partial charge on any atom is -0.351 e. The van der Waals surface area contributed by atoms with Gasteiger partial charge in [0.05, 0.1) is 12.1 Å². The molecule has 0 radical (unpaired) electrons. The second-order valence-corrected chi connectivity index (χ2v) is 7.80. The molecule has 0 aliphatic carbocycles. The first-order valence-electron chi connectivity index (χ1n) is 10.5. The van der Waals surface area contributed by atoms with Crippen molar-refractivity contribution in [2.75, 3.05) is 10.6 Å². The first-order chi connectivity index (χ1) is 16.6. The molecule has 0 atom stereocenters. The van der Waals surface area contributed by atoms with E-state index in [0.717, 1.165) is 6.07 Å². The molecule has 0 bridgehead atoms. The second-order valence-electron chi connectivity index (χ2n) is 7.80. The van der Waals surface area contributed by atoms with E-state index in [2.05, 4.69) is 31.1 Å². The zero-order valence-corrected chi connectivity index (χ0v) is 18.3. The van der Waals surface area contributed by atoms with Gasteiger partial charge in [-0.25, -0.2) is 9.97 Å². The summed E-state index contributed by atoms with van der Waals surface area (Å²) in [5.74, 6) is -1.49. The molecule has 3 heterocycles. The van der Waals surface area contributed by atoms with Gasteiger partial charge in [-0.15, -0.1) is 0 Å². The van der Waals surface area contributed by atoms with E-state index < -0.39 is 23.6 Å². The average Bonchev–Trinajstić information content (AvgIpc) is 3.19. The lowest BCUT2D eigenvalue weighted by Crippen LogP contribution is -2.26. The van der Waals surface area contributed by atoms with Crippen molar-refractivity contribution in [3.63, 3.8) is 0 Å². The van der Waals surface area contributed by atoms with Crippen LogP contribution in [0.3, 0.4) is 0 Å². The summed E-state index contributed by atoms with van der Waals surface area (Å²) < 4.78 is 44.2. The van der Waals surface area contributed by atoms with Gasteiger partial charge in [0, 0.05) is 23.7 Å². The maximum absolute atomic E-state index is 13.1. The lowest BCUT2D eigenvalue weighted by atomic mass is 10.1. The van der Waals surface area contributed by atoms with Crippen molar-refractivity contribution in [2.45, 2.75) is 38.9 Å². The summed E-state index contributed by atoms with van der Waals surface area (Å²) in [5, 5.41) is 11.3. The molecular formula is C22H19F3N6O4. The lowest BCUT2D eigenvalue weighted by Gasteiger charge is -2.12. The van der Waals surface area contributed by atoms with Crippen LogP contribution in [0, 0.1) is 6.92 Å². The number of nitrogens with one attached hydrogen (secondary N) is 3. The lowest BCUT2D eigenvalue weighted by molar-refractivity contribution is -0.138. The third-order valence-electron chi connectivity index (χ3n) is 5.26. The Morgan fingerprint density at radius 2 is 1.94 bits per heavy atom. The first-order valence-corrected chi connectivity index (χ1v) is 10.5. The molecule has 13 heteroatoms. The Hall–Kier alpha value is -4.29. The summed E-state index contributed by atoms with van der Waals surface area (Å²) in [6.07, 6.45) is -2.09. The Labute approximate surface area is 196 Å². The van der Waals surface area contributed by atoms with Gasteiger partial charge in [0.15, 0.2) is 0 Å². The van der Waals surface area contributed by atoms with E-state index in [1.807, 2.05) is 0 Å². The summed E-state index contributed by atoms with van der Waals surface area (Å²) in [6.45, 7) is 1.21. The van der Waals surface area contributed by atoms with Crippen LogP contribution in [0.4, 0.5) is 24.7 Å². The van der Waals surface area contributed by atoms with E-state index in [0.29, 0.717) is 24.8 Å². The van der Waals surface area contributed by atoms with Crippen LogP contribution in [0.1, 0.15) is 56.3 Å². The van der Waals surface area contributed by atoms with Crippen LogP contribution in [0.15, 0.2) is 35.1 Å². The average molecular weight is 488 g/mol. The van der Waals surface area contributed by atoms with E-state index >= 15 is 0 Å². The summed E-state index contributed by atoms with van der Waals surface area (Å²) in [4.78, 5) is 44.8. The summed E-state index contributed by atoms with van der Waals surface area (Å²) >= 11 is 0. The molecule has 182 valence electrons. The second kappa shape index (κ2) is 9.52. The van der Waals surface area contributed by atoms with Gasteiger partial charge in [0.1, 0.15) is 23.5 Å². The fourth-order valence-corrected chi connectivity index (χ4v) is 3.53.